The zero-order valence-corrected chi connectivity index (χ0v) is 9.57. The number of hydrogen-bond acceptors (Lipinski definition) is 2. The fourth-order valence-corrected chi connectivity index (χ4v) is 1.27. The van der Waals surface area contributed by atoms with E-state index in [9.17, 15) is 5.11 Å². The van der Waals surface area contributed by atoms with Crippen molar-refractivity contribution in [3.05, 3.63) is 23.8 Å². The molecule has 0 radical (unpaired) electrons. The molecule has 1 aromatic carbocycles. The first-order valence-corrected chi connectivity index (χ1v) is 5.25. The standard InChI is InChI=1S/C12H18N2O/c1-4-14(5-2)9-13-11-8-10(3)6-7-12(11)15/h6-9,15H,4-5H2,1-3H3. The van der Waals surface area contributed by atoms with Crippen LogP contribution in [-0.2, 0) is 0 Å². The Labute approximate surface area is 91.1 Å². The highest BCUT2D eigenvalue weighted by Crippen LogP contribution is 2.26. The normalized spacial score (nSPS) is 10.9. The second-order valence-electron chi connectivity index (χ2n) is 3.46. The van der Waals surface area contributed by atoms with E-state index in [0.29, 0.717) is 5.69 Å². The Kier molecular flexibility index (Phi) is 4.16. The molecule has 1 aromatic rings. The summed E-state index contributed by atoms with van der Waals surface area (Å²) in [7, 11) is 0. The number of phenolic OH excluding ortho intramolecular Hbond substituents is 1. The molecule has 0 aliphatic carbocycles. The van der Waals surface area contributed by atoms with Gasteiger partial charge in [0.1, 0.15) is 11.4 Å². The number of rotatable bonds is 4. The molecule has 1 rings (SSSR count). The molecule has 0 saturated carbocycles. The first-order chi connectivity index (χ1) is 7.17. The third-order valence-electron chi connectivity index (χ3n) is 2.30. The number of benzene rings is 1. The number of phenols is 1. The average molecular weight is 206 g/mol. The second-order valence-corrected chi connectivity index (χ2v) is 3.46. The molecular weight excluding hydrogens is 188 g/mol. The van der Waals surface area contributed by atoms with E-state index in [2.05, 4.69) is 23.7 Å². The van der Waals surface area contributed by atoms with Crippen molar-refractivity contribution < 1.29 is 5.11 Å². The van der Waals surface area contributed by atoms with Gasteiger partial charge in [0, 0.05) is 13.1 Å². The van der Waals surface area contributed by atoms with Crippen LogP contribution in [0.4, 0.5) is 5.69 Å². The molecule has 1 N–H and O–H groups in total. The quantitative estimate of drug-likeness (QED) is 0.607. The van der Waals surface area contributed by atoms with Crippen molar-refractivity contribution in [1.82, 2.24) is 4.90 Å². The maximum absolute atomic E-state index is 9.56. The van der Waals surface area contributed by atoms with Crippen molar-refractivity contribution in [2.75, 3.05) is 13.1 Å². The van der Waals surface area contributed by atoms with Crippen molar-refractivity contribution in [2.24, 2.45) is 4.99 Å². The molecule has 0 fully saturated rings. The van der Waals surface area contributed by atoms with Crippen LogP contribution in [0.25, 0.3) is 0 Å². The largest absolute Gasteiger partial charge is 0.506 e. The van der Waals surface area contributed by atoms with Gasteiger partial charge in [-0.1, -0.05) is 6.07 Å². The molecule has 15 heavy (non-hydrogen) atoms. The second kappa shape index (κ2) is 5.39. The minimum absolute atomic E-state index is 0.226. The third kappa shape index (κ3) is 3.27. The van der Waals surface area contributed by atoms with E-state index in [1.807, 2.05) is 19.1 Å². The van der Waals surface area contributed by atoms with Gasteiger partial charge in [-0.05, 0) is 38.5 Å². The van der Waals surface area contributed by atoms with Crippen LogP contribution in [-0.4, -0.2) is 29.4 Å². The van der Waals surface area contributed by atoms with E-state index >= 15 is 0 Å². The lowest BCUT2D eigenvalue weighted by Crippen LogP contribution is -2.20. The fraction of sp³-hybridized carbons (Fsp3) is 0.417. The van der Waals surface area contributed by atoms with Crippen LogP contribution in [0.1, 0.15) is 19.4 Å². The van der Waals surface area contributed by atoms with Crippen molar-refractivity contribution in [2.45, 2.75) is 20.8 Å². The molecule has 0 aliphatic heterocycles. The molecule has 3 heteroatoms. The highest BCUT2D eigenvalue weighted by molar-refractivity contribution is 5.65. The molecule has 0 aliphatic rings. The molecule has 0 aromatic heterocycles. The Morgan fingerprint density at radius 3 is 2.60 bits per heavy atom. The van der Waals surface area contributed by atoms with Crippen LogP contribution in [0.15, 0.2) is 23.2 Å². The van der Waals surface area contributed by atoms with Gasteiger partial charge in [-0.15, -0.1) is 0 Å². The highest BCUT2D eigenvalue weighted by Gasteiger charge is 1.98. The topological polar surface area (TPSA) is 35.8 Å². The monoisotopic (exact) mass is 206 g/mol. The Bertz CT molecular complexity index is 343. The van der Waals surface area contributed by atoms with Crippen LogP contribution < -0.4 is 0 Å². The predicted octanol–water partition coefficient (Wildman–Crippen LogP) is 2.70. The van der Waals surface area contributed by atoms with Gasteiger partial charge in [0.2, 0.25) is 0 Å². The van der Waals surface area contributed by atoms with E-state index < -0.39 is 0 Å². The van der Waals surface area contributed by atoms with Gasteiger partial charge >= 0.3 is 0 Å². The molecule has 0 amide bonds. The molecular formula is C12H18N2O. The Morgan fingerprint density at radius 2 is 2.00 bits per heavy atom. The minimum Gasteiger partial charge on any atom is -0.506 e. The minimum atomic E-state index is 0.226. The predicted molar refractivity (Wildman–Crippen MR) is 63.9 cm³/mol. The van der Waals surface area contributed by atoms with E-state index in [1.54, 1.807) is 12.4 Å². The van der Waals surface area contributed by atoms with Gasteiger partial charge in [-0.3, -0.25) is 0 Å². The number of aryl methyl sites for hydroxylation is 1. The lowest BCUT2D eigenvalue weighted by Gasteiger charge is -2.13. The van der Waals surface area contributed by atoms with Gasteiger partial charge in [0.15, 0.2) is 0 Å². The van der Waals surface area contributed by atoms with Crippen LogP contribution >= 0.6 is 0 Å². The van der Waals surface area contributed by atoms with Crippen LogP contribution in [0.2, 0.25) is 0 Å². The number of aromatic hydroxyl groups is 1. The number of nitrogens with zero attached hydrogens (tertiary/aromatic N) is 2. The number of hydrogen-bond donors (Lipinski definition) is 1. The average Bonchev–Trinajstić information content (AvgIpc) is 2.24. The van der Waals surface area contributed by atoms with E-state index in [4.69, 9.17) is 0 Å². The smallest absolute Gasteiger partial charge is 0.141 e. The first kappa shape index (κ1) is 11.6. The highest BCUT2D eigenvalue weighted by atomic mass is 16.3. The van der Waals surface area contributed by atoms with Gasteiger partial charge in [0.05, 0.1) is 6.34 Å². The van der Waals surface area contributed by atoms with Crippen molar-refractivity contribution in [1.29, 1.82) is 0 Å². The summed E-state index contributed by atoms with van der Waals surface area (Å²) in [6.07, 6.45) is 1.77. The summed E-state index contributed by atoms with van der Waals surface area (Å²) >= 11 is 0. The number of aliphatic imine (C=N–C) groups is 1. The summed E-state index contributed by atoms with van der Waals surface area (Å²) in [5.41, 5.74) is 1.72. The Hall–Kier alpha value is -1.51. The van der Waals surface area contributed by atoms with Crippen LogP contribution in [0.5, 0.6) is 5.75 Å². The molecule has 0 saturated heterocycles. The molecule has 0 spiro atoms. The van der Waals surface area contributed by atoms with Crippen molar-refractivity contribution in [3.63, 3.8) is 0 Å². The van der Waals surface area contributed by atoms with Gasteiger partial charge < -0.3 is 10.0 Å². The van der Waals surface area contributed by atoms with E-state index in [1.165, 1.54) is 0 Å². The summed E-state index contributed by atoms with van der Waals surface area (Å²) in [5, 5.41) is 9.56. The molecule has 3 nitrogen and oxygen atoms in total. The zero-order chi connectivity index (χ0) is 11.3. The summed E-state index contributed by atoms with van der Waals surface area (Å²) < 4.78 is 0. The van der Waals surface area contributed by atoms with E-state index in [-0.39, 0.29) is 5.75 Å². The molecule has 0 unspecified atom stereocenters. The van der Waals surface area contributed by atoms with Crippen molar-refractivity contribution >= 4 is 12.0 Å². The molecule has 0 bridgehead atoms. The summed E-state index contributed by atoms with van der Waals surface area (Å²) in [6.45, 7) is 7.98. The zero-order valence-electron chi connectivity index (χ0n) is 9.57. The van der Waals surface area contributed by atoms with E-state index in [0.717, 1.165) is 18.7 Å². The van der Waals surface area contributed by atoms with Gasteiger partial charge in [0.25, 0.3) is 0 Å². The van der Waals surface area contributed by atoms with Gasteiger partial charge in [-0.2, -0.15) is 0 Å². The maximum Gasteiger partial charge on any atom is 0.141 e. The molecule has 0 atom stereocenters. The van der Waals surface area contributed by atoms with Crippen molar-refractivity contribution in [3.8, 4) is 5.75 Å². The summed E-state index contributed by atoms with van der Waals surface area (Å²) in [4.78, 5) is 6.33. The fourth-order valence-electron chi connectivity index (χ4n) is 1.27. The lowest BCUT2D eigenvalue weighted by molar-refractivity contribution is 0.472. The first-order valence-electron chi connectivity index (χ1n) is 5.25. The maximum atomic E-state index is 9.56. The summed E-state index contributed by atoms with van der Waals surface area (Å²) in [5.74, 6) is 0.226. The van der Waals surface area contributed by atoms with Crippen LogP contribution in [0, 0.1) is 6.92 Å². The molecule has 82 valence electrons. The lowest BCUT2D eigenvalue weighted by atomic mass is 10.2. The third-order valence-corrected chi connectivity index (χ3v) is 2.30. The SMILES string of the molecule is CCN(C=Nc1cc(C)ccc1O)CC. The Balaban J connectivity index is 2.83. The summed E-state index contributed by atoms with van der Waals surface area (Å²) in [6, 6.07) is 5.41. The van der Waals surface area contributed by atoms with Crippen LogP contribution in [0.3, 0.4) is 0 Å². The molecule has 0 heterocycles. The van der Waals surface area contributed by atoms with Gasteiger partial charge in [-0.25, -0.2) is 4.99 Å². The Morgan fingerprint density at radius 1 is 1.33 bits per heavy atom.